The van der Waals surface area contributed by atoms with Crippen molar-refractivity contribution in [1.82, 2.24) is 10.6 Å². The first-order valence-corrected chi connectivity index (χ1v) is 8.78. The average molecular weight is 358 g/mol. The molecule has 0 aliphatic rings. The van der Waals surface area contributed by atoms with Crippen LogP contribution in [0.2, 0.25) is 0 Å². The van der Waals surface area contributed by atoms with E-state index in [-0.39, 0.29) is 11.8 Å². The minimum absolute atomic E-state index is 0.0855. The number of rotatable bonds is 8. The number of carbonyl (C=O) groups excluding carboxylic acids is 3. The van der Waals surface area contributed by atoms with E-state index in [4.69, 9.17) is 9.47 Å². The quantitative estimate of drug-likeness (QED) is 0.651. The molecule has 0 aromatic carbocycles. The fourth-order valence-electron chi connectivity index (χ4n) is 2.20. The van der Waals surface area contributed by atoms with E-state index in [1.165, 1.54) is 7.11 Å². The molecule has 7 heteroatoms. The van der Waals surface area contributed by atoms with Gasteiger partial charge in [0.25, 0.3) is 0 Å². The highest BCUT2D eigenvalue weighted by atomic mass is 16.6. The fourth-order valence-corrected chi connectivity index (χ4v) is 2.20. The minimum Gasteiger partial charge on any atom is -0.467 e. The van der Waals surface area contributed by atoms with Crippen LogP contribution in [0.3, 0.4) is 0 Å². The Morgan fingerprint density at radius 3 is 2.00 bits per heavy atom. The third-order valence-corrected chi connectivity index (χ3v) is 3.68. The molecule has 0 heterocycles. The Balaban J connectivity index is 5.14. The van der Waals surface area contributed by atoms with Gasteiger partial charge in [0.2, 0.25) is 5.91 Å². The molecule has 0 rings (SSSR count). The van der Waals surface area contributed by atoms with Gasteiger partial charge in [-0.2, -0.15) is 0 Å². The number of methoxy groups -OCH3 is 1. The van der Waals surface area contributed by atoms with E-state index < -0.39 is 35.7 Å². The molecule has 3 unspecified atom stereocenters. The van der Waals surface area contributed by atoms with Gasteiger partial charge in [-0.05, 0) is 39.0 Å². The van der Waals surface area contributed by atoms with Gasteiger partial charge in [-0.1, -0.05) is 34.1 Å². The zero-order valence-electron chi connectivity index (χ0n) is 16.8. The van der Waals surface area contributed by atoms with Gasteiger partial charge < -0.3 is 20.1 Å². The Hall–Kier alpha value is -1.79. The molecule has 25 heavy (non-hydrogen) atoms. The van der Waals surface area contributed by atoms with Crippen molar-refractivity contribution < 1.29 is 23.9 Å². The zero-order chi connectivity index (χ0) is 19.8. The predicted octanol–water partition coefficient (Wildman–Crippen LogP) is 2.63. The Morgan fingerprint density at radius 2 is 1.60 bits per heavy atom. The lowest BCUT2D eigenvalue weighted by Crippen LogP contribution is -2.54. The summed E-state index contributed by atoms with van der Waals surface area (Å²) in [5.74, 6) is -0.831. The lowest BCUT2D eigenvalue weighted by molar-refractivity contribution is -0.146. The maximum atomic E-state index is 12.6. The van der Waals surface area contributed by atoms with Crippen LogP contribution in [0.15, 0.2) is 0 Å². The van der Waals surface area contributed by atoms with Gasteiger partial charge in [0, 0.05) is 0 Å². The number of amides is 2. The fraction of sp³-hybridized carbons (Fsp3) is 0.833. The summed E-state index contributed by atoms with van der Waals surface area (Å²) in [4.78, 5) is 36.6. The molecule has 0 fully saturated rings. The van der Waals surface area contributed by atoms with E-state index in [0.717, 1.165) is 0 Å². The lowest BCUT2D eigenvalue weighted by atomic mass is 9.97. The molecule has 0 aromatic rings. The maximum Gasteiger partial charge on any atom is 0.408 e. The van der Waals surface area contributed by atoms with Crippen LogP contribution in [0.4, 0.5) is 4.79 Å². The summed E-state index contributed by atoms with van der Waals surface area (Å²) >= 11 is 0. The largest absolute Gasteiger partial charge is 0.467 e. The van der Waals surface area contributed by atoms with E-state index >= 15 is 0 Å². The van der Waals surface area contributed by atoms with Gasteiger partial charge in [0.05, 0.1) is 7.11 Å². The summed E-state index contributed by atoms with van der Waals surface area (Å²) in [6, 6.07) is -1.54. The van der Waals surface area contributed by atoms with Crippen LogP contribution in [-0.2, 0) is 19.1 Å². The second kappa shape index (κ2) is 10.3. The highest BCUT2D eigenvalue weighted by Gasteiger charge is 2.31. The van der Waals surface area contributed by atoms with Gasteiger partial charge in [-0.15, -0.1) is 0 Å². The van der Waals surface area contributed by atoms with Gasteiger partial charge in [0.15, 0.2) is 0 Å². The minimum atomic E-state index is -0.786. The van der Waals surface area contributed by atoms with Crippen molar-refractivity contribution in [1.29, 1.82) is 0 Å². The predicted molar refractivity (Wildman–Crippen MR) is 96.0 cm³/mol. The first-order valence-electron chi connectivity index (χ1n) is 8.78. The number of ether oxygens (including phenoxy) is 2. The second-order valence-electron chi connectivity index (χ2n) is 7.72. The van der Waals surface area contributed by atoms with E-state index in [1.54, 1.807) is 20.8 Å². The Labute approximate surface area is 151 Å². The molecule has 3 atom stereocenters. The van der Waals surface area contributed by atoms with Gasteiger partial charge in [-0.25, -0.2) is 9.59 Å². The van der Waals surface area contributed by atoms with Gasteiger partial charge >= 0.3 is 12.1 Å². The Bertz CT molecular complexity index is 457. The second-order valence-corrected chi connectivity index (χ2v) is 7.72. The van der Waals surface area contributed by atoms with Crippen LogP contribution in [0.5, 0.6) is 0 Å². The first kappa shape index (κ1) is 23.2. The van der Waals surface area contributed by atoms with Crippen molar-refractivity contribution in [2.75, 3.05) is 7.11 Å². The third-order valence-electron chi connectivity index (χ3n) is 3.68. The summed E-state index contributed by atoms with van der Waals surface area (Å²) in [6.07, 6.45) is 0.472. The van der Waals surface area contributed by atoms with Crippen LogP contribution >= 0.6 is 0 Å². The topological polar surface area (TPSA) is 93.7 Å². The molecular weight excluding hydrogens is 324 g/mol. The van der Waals surface area contributed by atoms with E-state index in [2.05, 4.69) is 10.6 Å². The number of hydrogen-bond donors (Lipinski definition) is 2. The summed E-state index contributed by atoms with van der Waals surface area (Å²) in [7, 11) is 1.29. The lowest BCUT2D eigenvalue weighted by Gasteiger charge is -2.27. The molecule has 0 spiro atoms. The molecule has 0 radical (unpaired) electrons. The molecular formula is C18H34N2O5. The summed E-state index contributed by atoms with van der Waals surface area (Å²) in [6.45, 7) is 12.9. The van der Waals surface area contributed by atoms with Crippen molar-refractivity contribution in [3.05, 3.63) is 0 Å². The summed E-state index contributed by atoms with van der Waals surface area (Å²) in [5.41, 5.74) is -0.659. The van der Waals surface area contributed by atoms with E-state index in [0.29, 0.717) is 12.8 Å². The SMILES string of the molecule is CCC(C)C(NC(=O)C(CC(C)C)NC(=O)OC(C)(C)C)C(=O)OC. The van der Waals surface area contributed by atoms with Crippen LogP contribution in [0.1, 0.15) is 61.3 Å². The third kappa shape index (κ3) is 9.31. The van der Waals surface area contributed by atoms with Crippen LogP contribution < -0.4 is 10.6 Å². The van der Waals surface area contributed by atoms with Gasteiger partial charge in [-0.3, -0.25) is 4.79 Å². The van der Waals surface area contributed by atoms with Crippen LogP contribution in [-0.4, -0.2) is 42.8 Å². The Morgan fingerprint density at radius 1 is 1.04 bits per heavy atom. The molecule has 2 amide bonds. The Kier molecular flexibility index (Phi) is 9.52. The maximum absolute atomic E-state index is 12.6. The number of hydrogen-bond acceptors (Lipinski definition) is 5. The molecule has 0 aliphatic heterocycles. The smallest absolute Gasteiger partial charge is 0.408 e. The summed E-state index contributed by atoms with van der Waals surface area (Å²) < 4.78 is 10.00. The zero-order valence-corrected chi connectivity index (χ0v) is 16.8. The van der Waals surface area contributed by atoms with Crippen molar-refractivity contribution in [3.8, 4) is 0 Å². The van der Waals surface area contributed by atoms with Crippen molar-refractivity contribution >= 4 is 18.0 Å². The highest BCUT2D eigenvalue weighted by molar-refractivity contribution is 5.89. The van der Waals surface area contributed by atoms with Crippen molar-refractivity contribution in [2.24, 2.45) is 11.8 Å². The molecule has 0 saturated heterocycles. The van der Waals surface area contributed by atoms with Gasteiger partial charge in [0.1, 0.15) is 17.7 Å². The van der Waals surface area contributed by atoms with E-state index in [1.807, 2.05) is 27.7 Å². The first-order chi connectivity index (χ1) is 11.4. The number of carbonyl (C=O) groups is 3. The molecule has 0 aromatic heterocycles. The number of alkyl carbamates (subject to hydrolysis) is 1. The standard InChI is InChI=1S/C18H34N2O5/c1-9-12(4)14(16(22)24-8)20-15(21)13(10-11(2)3)19-17(23)25-18(5,6)7/h11-14H,9-10H2,1-8H3,(H,19,23)(H,20,21). The van der Waals surface area contributed by atoms with Crippen LogP contribution in [0.25, 0.3) is 0 Å². The van der Waals surface area contributed by atoms with Crippen LogP contribution in [0, 0.1) is 11.8 Å². The molecule has 0 saturated carbocycles. The molecule has 2 N–H and O–H groups in total. The molecule has 0 aliphatic carbocycles. The molecule has 7 nitrogen and oxygen atoms in total. The number of esters is 1. The molecule has 0 bridgehead atoms. The monoisotopic (exact) mass is 358 g/mol. The molecule has 146 valence electrons. The number of nitrogens with one attached hydrogen (secondary N) is 2. The normalized spacial score (nSPS) is 15.1. The van der Waals surface area contributed by atoms with E-state index in [9.17, 15) is 14.4 Å². The summed E-state index contributed by atoms with van der Waals surface area (Å²) in [5, 5.41) is 5.31. The average Bonchev–Trinajstić information content (AvgIpc) is 2.47. The highest BCUT2D eigenvalue weighted by Crippen LogP contribution is 2.12. The van der Waals surface area contributed by atoms with Crippen molar-refractivity contribution in [2.45, 2.75) is 79.0 Å². The van der Waals surface area contributed by atoms with Crippen molar-refractivity contribution in [3.63, 3.8) is 0 Å².